The number of hydrogen-bond acceptors (Lipinski definition) is 2. The molecular formula is C12H15FN2O2. The maximum absolute atomic E-state index is 12.9. The zero-order valence-electron chi connectivity index (χ0n) is 9.40. The molecule has 5 heteroatoms. The number of likely N-dealkylation sites (tertiary alicyclic amines) is 1. The second-order valence-electron chi connectivity index (χ2n) is 4.11. The molecule has 2 rings (SSSR count). The number of amides is 2. The summed E-state index contributed by atoms with van der Waals surface area (Å²) in [5, 5.41) is 11.7. The number of nitrogens with one attached hydrogen (secondary N) is 1. The van der Waals surface area contributed by atoms with E-state index in [9.17, 15) is 9.18 Å². The Morgan fingerprint density at radius 3 is 3.12 bits per heavy atom. The van der Waals surface area contributed by atoms with Crippen LogP contribution in [0.2, 0.25) is 0 Å². The molecule has 0 aliphatic carbocycles. The molecule has 1 aromatic carbocycles. The Morgan fingerprint density at radius 2 is 2.41 bits per heavy atom. The molecule has 17 heavy (non-hydrogen) atoms. The second-order valence-corrected chi connectivity index (χ2v) is 4.11. The Morgan fingerprint density at radius 1 is 1.59 bits per heavy atom. The van der Waals surface area contributed by atoms with E-state index in [1.807, 2.05) is 0 Å². The molecule has 0 spiro atoms. The fraction of sp³-hybridized carbons (Fsp3) is 0.417. The fourth-order valence-electron chi connectivity index (χ4n) is 2.05. The SMILES string of the molecule is O=C(Nc1cccc(F)c1)N1CCC[C@H]1CO. The van der Waals surface area contributed by atoms with Crippen LogP contribution in [0.3, 0.4) is 0 Å². The topological polar surface area (TPSA) is 52.6 Å². The van der Waals surface area contributed by atoms with E-state index in [-0.39, 0.29) is 24.5 Å². The Balaban J connectivity index is 2.01. The lowest BCUT2D eigenvalue weighted by molar-refractivity contribution is 0.166. The van der Waals surface area contributed by atoms with Crippen LogP contribution in [0.15, 0.2) is 24.3 Å². The van der Waals surface area contributed by atoms with Crippen LogP contribution in [0.1, 0.15) is 12.8 Å². The molecule has 2 N–H and O–H groups in total. The Hall–Kier alpha value is -1.62. The number of hydrogen-bond donors (Lipinski definition) is 2. The summed E-state index contributed by atoms with van der Waals surface area (Å²) >= 11 is 0. The predicted octanol–water partition coefficient (Wildman–Crippen LogP) is 1.81. The van der Waals surface area contributed by atoms with Crippen LogP contribution in [0.5, 0.6) is 0 Å². The van der Waals surface area contributed by atoms with Crippen LogP contribution in [-0.4, -0.2) is 35.2 Å². The molecule has 1 fully saturated rings. The molecule has 1 saturated heterocycles. The van der Waals surface area contributed by atoms with Crippen molar-refractivity contribution >= 4 is 11.7 Å². The number of halogens is 1. The summed E-state index contributed by atoms with van der Waals surface area (Å²) in [5.74, 6) is -0.386. The predicted molar refractivity (Wildman–Crippen MR) is 62.2 cm³/mol. The fourth-order valence-corrected chi connectivity index (χ4v) is 2.05. The van der Waals surface area contributed by atoms with E-state index in [1.54, 1.807) is 17.0 Å². The highest BCUT2D eigenvalue weighted by atomic mass is 19.1. The number of benzene rings is 1. The number of aliphatic hydroxyl groups excluding tert-OH is 1. The highest BCUT2D eigenvalue weighted by Gasteiger charge is 2.27. The van der Waals surface area contributed by atoms with Crippen molar-refractivity contribution in [3.8, 4) is 0 Å². The van der Waals surface area contributed by atoms with Gasteiger partial charge in [-0.3, -0.25) is 0 Å². The largest absolute Gasteiger partial charge is 0.394 e. The molecule has 2 amide bonds. The third-order valence-electron chi connectivity index (χ3n) is 2.92. The Labute approximate surface area is 99.0 Å². The van der Waals surface area contributed by atoms with E-state index in [2.05, 4.69) is 5.32 Å². The summed E-state index contributed by atoms with van der Waals surface area (Å²) in [6.45, 7) is 0.600. The Kier molecular flexibility index (Phi) is 3.58. The van der Waals surface area contributed by atoms with Crippen LogP contribution in [0.4, 0.5) is 14.9 Å². The first-order valence-corrected chi connectivity index (χ1v) is 5.65. The molecule has 0 radical (unpaired) electrons. The van der Waals surface area contributed by atoms with Gasteiger partial charge in [0, 0.05) is 12.2 Å². The van der Waals surface area contributed by atoms with Crippen LogP contribution >= 0.6 is 0 Å². The third-order valence-corrected chi connectivity index (χ3v) is 2.92. The number of carbonyl (C=O) groups is 1. The first-order chi connectivity index (χ1) is 8.20. The van der Waals surface area contributed by atoms with E-state index < -0.39 is 0 Å². The zero-order valence-corrected chi connectivity index (χ0v) is 9.40. The van der Waals surface area contributed by atoms with Gasteiger partial charge >= 0.3 is 6.03 Å². The first-order valence-electron chi connectivity index (χ1n) is 5.65. The van der Waals surface area contributed by atoms with Crippen LogP contribution in [0, 0.1) is 5.82 Å². The van der Waals surface area contributed by atoms with Gasteiger partial charge in [0.05, 0.1) is 12.6 Å². The summed E-state index contributed by atoms with van der Waals surface area (Å²) in [4.78, 5) is 13.5. The summed E-state index contributed by atoms with van der Waals surface area (Å²) < 4.78 is 12.9. The van der Waals surface area contributed by atoms with Crippen molar-refractivity contribution in [1.29, 1.82) is 0 Å². The molecule has 0 unspecified atom stereocenters. The van der Waals surface area contributed by atoms with Crippen LogP contribution < -0.4 is 5.32 Å². The van der Waals surface area contributed by atoms with E-state index in [1.165, 1.54) is 12.1 Å². The minimum Gasteiger partial charge on any atom is -0.394 e. The van der Waals surface area contributed by atoms with Gasteiger partial charge in [-0.1, -0.05) is 6.07 Å². The van der Waals surface area contributed by atoms with Crippen molar-refractivity contribution in [2.24, 2.45) is 0 Å². The van der Waals surface area contributed by atoms with Crippen molar-refractivity contribution in [2.75, 3.05) is 18.5 Å². The average Bonchev–Trinajstić information content (AvgIpc) is 2.77. The smallest absolute Gasteiger partial charge is 0.322 e. The molecule has 4 nitrogen and oxygen atoms in total. The summed E-state index contributed by atoms with van der Waals surface area (Å²) in [5.41, 5.74) is 0.429. The van der Waals surface area contributed by atoms with Gasteiger partial charge < -0.3 is 15.3 Å². The maximum Gasteiger partial charge on any atom is 0.322 e. The van der Waals surface area contributed by atoms with Gasteiger partial charge in [0.25, 0.3) is 0 Å². The number of rotatable bonds is 2. The minimum atomic E-state index is -0.386. The van der Waals surface area contributed by atoms with Gasteiger partial charge in [-0.2, -0.15) is 0 Å². The van der Waals surface area contributed by atoms with E-state index in [4.69, 9.17) is 5.11 Å². The van der Waals surface area contributed by atoms with Crippen molar-refractivity contribution in [3.05, 3.63) is 30.1 Å². The molecule has 1 heterocycles. The molecule has 0 bridgehead atoms. The summed E-state index contributed by atoms with van der Waals surface area (Å²) in [6, 6.07) is 5.35. The van der Waals surface area contributed by atoms with Crippen molar-refractivity contribution < 1.29 is 14.3 Å². The van der Waals surface area contributed by atoms with Gasteiger partial charge in [0.15, 0.2) is 0 Å². The van der Waals surface area contributed by atoms with E-state index >= 15 is 0 Å². The van der Waals surface area contributed by atoms with E-state index in [0.29, 0.717) is 12.2 Å². The highest BCUT2D eigenvalue weighted by molar-refractivity contribution is 5.89. The summed E-state index contributed by atoms with van der Waals surface area (Å²) in [6.07, 6.45) is 1.70. The lowest BCUT2D eigenvalue weighted by Gasteiger charge is -2.23. The minimum absolute atomic E-state index is 0.0312. The van der Waals surface area contributed by atoms with Gasteiger partial charge in [-0.05, 0) is 31.0 Å². The maximum atomic E-state index is 12.9. The monoisotopic (exact) mass is 238 g/mol. The van der Waals surface area contributed by atoms with Gasteiger partial charge in [-0.25, -0.2) is 9.18 Å². The molecule has 1 aliphatic heterocycles. The van der Waals surface area contributed by atoms with Crippen LogP contribution in [-0.2, 0) is 0 Å². The molecule has 0 saturated carbocycles. The Bertz CT molecular complexity index is 411. The van der Waals surface area contributed by atoms with Crippen molar-refractivity contribution in [2.45, 2.75) is 18.9 Å². The first kappa shape index (κ1) is 11.9. The average molecular weight is 238 g/mol. The van der Waals surface area contributed by atoms with Gasteiger partial charge in [0.1, 0.15) is 5.82 Å². The quantitative estimate of drug-likeness (QED) is 0.825. The third kappa shape index (κ3) is 2.74. The normalized spacial score (nSPS) is 19.4. The molecular weight excluding hydrogens is 223 g/mol. The molecule has 0 aromatic heterocycles. The lowest BCUT2D eigenvalue weighted by atomic mass is 10.2. The highest BCUT2D eigenvalue weighted by Crippen LogP contribution is 2.18. The number of anilines is 1. The number of aliphatic hydroxyl groups is 1. The molecule has 1 atom stereocenters. The number of carbonyl (C=O) groups excluding carboxylic acids is 1. The van der Waals surface area contributed by atoms with E-state index in [0.717, 1.165) is 12.8 Å². The molecule has 1 aromatic rings. The molecule has 1 aliphatic rings. The standard InChI is InChI=1S/C12H15FN2O2/c13-9-3-1-4-10(7-9)14-12(17)15-6-2-5-11(15)8-16/h1,3-4,7,11,16H,2,5-6,8H2,(H,14,17)/t11-/m0/s1. The van der Waals surface area contributed by atoms with Gasteiger partial charge in [0.2, 0.25) is 0 Å². The van der Waals surface area contributed by atoms with Crippen molar-refractivity contribution in [1.82, 2.24) is 4.90 Å². The van der Waals surface area contributed by atoms with Crippen molar-refractivity contribution in [3.63, 3.8) is 0 Å². The zero-order chi connectivity index (χ0) is 12.3. The number of nitrogens with zero attached hydrogens (tertiary/aromatic N) is 1. The van der Waals surface area contributed by atoms with Crippen LogP contribution in [0.25, 0.3) is 0 Å². The number of urea groups is 1. The van der Waals surface area contributed by atoms with Gasteiger partial charge in [-0.15, -0.1) is 0 Å². The summed E-state index contributed by atoms with van der Waals surface area (Å²) in [7, 11) is 0. The molecule has 92 valence electrons. The second kappa shape index (κ2) is 5.14. The lowest BCUT2D eigenvalue weighted by Crippen LogP contribution is -2.40.